The Bertz CT molecular complexity index is 1280. The average molecular weight is 488 g/mol. The molecule has 2 aliphatic heterocycles. The van der Waals surface area contributed by atoms with E-state index in [0.29, 0.717) is 35.6 Å². The molecule has 0 amide bonds. The minimum atomic E-state index is -2.32. The summed E-state index contributed by atoms with van der Waals surface area (Å²) in [5.41, 5.74) is 0.729. The molecule has 2 fully saturated rings. The highest BCUT2D eigenvalue weighted by Gasteiger charge is 2.42. The number of halogens is 2. The summed E-state index contributed by atoms with van der Waals surface area (Å²) >= 11 is 0.542. The van der Waals surface area contributed by atoms with Crippen LogP contribution >= 0.6 is 11.8 Å². The van der Waals surface area contributed by atoms with Gasteiger partial charge in [-0.05, 0) is 49.2 Å². The smallest absolute Gasteiger partial charge is 0.185 e. The van der Waals surface area contributed by atoms with Gasteiger partial charge in [-0.25, -0.2) is 18.7 Å². The Hall–Kier alpha value is -2.85. The molecule has 2 saturated heterocycles. The Balaban J connectivity index is 1.35. The van der Waals surface area contributed by atoms with Crippen LogP contribution in [0.15, 0.2) is 41.7 Å². The summed E-state index contributed by atoms with van der Waals surface area (Å²) in [5.74, 6) is -0.253. The monoisotopic (exact) mass is 487 g/mol. The molecule has 3 aromatic rings. The van der Waals surface area contributed by atoms with Crippen LogP contribution in [0.25, 0.3) is 22.5 Å². The lowest BCUT2D eigenvalue weighted by molar-refractivity contribution is 0.107. The number of piperidine rings is 2. The lowest BCUT2D eigenvalue weighted by Crippen LogP contribution is -2.61. The number of anilines is 1. The van der Waals surface area contributed by atoms with E-state index < -0.39 is 18.2 Å². The Morgan fingerprint density at radius 3 is 2.82 bits per heavy atom. The molecule has 0 radical (unpaired) electrons. The molecule has 7 nitrogen and oxygen atoms in total. The number of aromatic hydroxyl groups is 1. The van der Waals surface area contributed by atoms with Crippen LogP contribution in [0.1, 0.15) is 29.8 Å². The van der Waals surface area contributed by atoms with Crippen LogP contribution < -0.4 is 10.2 Å². The van der Waals surface area contributed by atoms with Gasteiger partial charge < -0.3 is 15.3 Å². The van der Waals surface area contributed by atoms with E-state index in [9.17, 15) is 9.50 Å². The summed E-state index contributed by atoms with van der Waals surface area (Å²) in [4.78, 5) is 9.94. The maximum absolute atomic E-state index is 15.1. The van der Waals surface area contributed by atoms with Gasteiger partial charge in [0.1, 0.15) is 17.7 Å². The minimum absolute atomic E-state index is 0.104. The van der Waals surface area contributed by atoms with Crippen molar-refractivity contribution in [3.63, 3.8) is 0 Å². The highest BCUT2D eigenvalue weighted by atomic mass is 32.2. The lowest BCUT2D eigenvalue weighted by atomic mass is 9.82. The first-order chi connectivity index (χ1) is 17.6. The first-order valence-electron chi connectivity index (χ1n) is 12.6. The number of phenols is 1. The molecule has 0 unspecified atom stereocenters. The molecule has 4 atom stereocenters. The standard InChI is InChI=1S/C24H26F2N6OS/c1-32(19-9-14-4-3-5-18(29-14)23(19)26)21-12-28-24(31-30-21)15-7-6-13(8-20(15)33)16-10-22(34-2)27-11-17(16)25/h6-8,10-12,14,18-19,23,29,33H,3-5,9H2,1-2H3/t14-,18-,19+,23-/m0/s1/i2D3. The number of hydrogen-bond acceptors (Lipinski definition) is 8. The Morgan fingerprint density at radius 1 is 1.18 bits per heavy atom. The fourth-order valence-electron chi connectivity index (χ4n) is 4.86. The second kappa shape index (κ2) is 9.42. The second-order valence-electron chi connectivity index (χ2n) is 8.74. The number of phenolic OH excluding ortho intramolecular Hbond substituents is 1. The van der Waals surface area contributed by atoms with E-state index in [4.69, 9.17) is 4.11 Å². The Labute approximate surface area is 205 Å². The quantitative estimate of drug-likeness (QED) is 0.517. The molecule has 10 heteroatoms. The Morgan fingerprint density at radius 2 is 2.06 bits per heavy atom. The van der Waals surface area contributed by atoms with E-state index in [1.807, 2.05) is 0 Å². The molecule has 178 valence electrons. The molecule has 2 N–H and O–H groups in total. The van der Waals surface area contributed by atoms with E-state index in [1.54, 1.807) is 18.0 Å². The zero-order valence-corrected chi connectivity index (χ0v) is 19.3. The van der Waals surface area contributed by atoms with E-state index in [2.05, 4.69) is 25.5 Å². The first-order valence-corrected chi connectivity index (χ1v) is 11.9. The summed E-state index contributed by atoms with van der Waals surface area (Å²) in [6, 6.07) is 5.61. The molecular weight excluding hydrogens is 458 g/mol. The maximum atomic E-state index is 15.1. The molecule has 0 aliphatic carbocycles. The first kappa shape index (κ1) is 19.5. The van der Waals surface area contributed by atoms with Crippen molar-refractivity contribution in [3.8, 4) is 28.3 Å². The molecule has 1 aromatic carbocycles. The fourth-order valence-corrected chi connectivity index (χ4v) is 5.14. The number of alkyl halides is 1. The number of hydrogen-bond donors (Lipinski definition) is 2. The molecule has 2 aliphatic rings. The molecule has 2 aromatic heterocycles. The van der Waals surface area contributed by atoms with Crippen molar-refractivity contribution in [1.29, 1.82) is 0 Å². The van der Waals surface area contributed by atoms with Gasteiger partial charge in [0, 0.05) is 28.8 Å². The van der Waals surface area contributed by atoms with Crippen LogP contribution in [0.3, 0.4) is 0 Å². The molecule has 0 spiro atoms. The zero-order valence-electron chi connectivity index (χ0n) is 21.4. The van der Waals surface area contributed by atoms with E-state index in [0.717, 1.165) is 25.5 Å². The third kappa shape index (κ3) is 4.32. The third-order valence-electron chi connectivity index (χ3n) is 6.69. The van der Waals surface area contributed by atoms with Gasteiger partial charge >= 0.3 is 0 Å². The number of fused-ring (bicyclic) bond motifs is 2. The lowest BCUT2D eigenvalue weighted by Gasteiger charge is -2.45. The highest BCUT2D eigenvalue weighted by Crippen LogP contribution is 2.35. The summed E-state index contributed by atoms with van der Waals surface area (Å²) < 4.78 is 51.7. The van der Waals surface area contributed by atoms with Gasteiger partial charge in [0.05, 0.1) is 29.0 Å². The highest BCUT2D eigenvalue weighted by molar-refractivity contribution is 7.98. The summed E-state index contributed by atoms with van der Waals surface area (Å²) in [7, 11) is 1.79. The SMILES string of the molecule is [2H]C([2H])([2H])Sc1cc(-c2ccc(-c3ncc(N(C)[C@@H]4C[C@@H]5CCC[C@H](N5)[C@@H]4F)nn3)c(O)c2)c(F)cn1. The number of nitrogens with one attached hydrogen (secondary N) is 1. The van der Waals surface area contributed by atoms with Crippen LogP contribution in [0.2, 0.25) is 0 Å². The van der Waals surface area contributed by atoms with Crippen LogP contribution in [0.5, 0.6) is 5.75 Å². The predicted octanol–water partition coefficient (Wildman–Crippen LogP) is 4.22. The average Bonchev–Trinajstić information content (AvgIpc) is 2.86. The van der Waals surface area contributed by atoms with Crippen molar-refractivity contribution in [2.24, 2.45) is 0 Å². The number of benzene rings is 1. The largest absolute Gasteiger partial charge is 0.507 e. The summed E-state index contributed by atoms with van der Waals surface area (Å²) in [6.45, 7) is 0. The van der Waals surface area contributed by atoms with Gasteiger partial charge in [-0.2, -0.15) is 0 Å². The van der Waals surface area contributed by atoms with Crippen molar-refractivity contribution < 1.29 is 18.0 Å². The van der Waals surface area contributed by atoms with Gasteiger partial charge in [-0.15, -0.1) is 22.0 Å². The van der Waals surface area contributed by atoms with Crippen LogP contribution in [-0.4, -0.2) is 62.8 Å². The molecule has 34 heavy (non-hydrogen) atoms. The topological polar surface area (TPSA) is 87.1 Å². The molecule has 0 saturated carbocycles. The van der Waals surface area contributed by atoms with Gasteiger partial charge in [-0.3, -0.25) is 0 Å². The minimum Gasteiger partial charge on any atom is -0.507 e. The second-order valence-corrected chi connectivity index (χ2v) is 9.36. The van der Waals surface area contributed by atoms with Gasteiger partial charge in [0.25, 0.3) is 0 Å². The van der Waals surface area contributed by atoms with Gasteiger partial charge in [0.15, 0.2) is 11.6 Å². The van der Waals surface area contributed by atoms with E-state index in [1.165, 1.54) is 24.4 Å². The molecular formula is C24H26F2N6OS. The summed E-state index contributed by atoms with van der Waals surface area (Å²) in [5, 5.41) is 22.5. The van der Waals surface area contributed by atoms with Gasteiger partial charge in [-0.1, -0.05) is 12.5 Å². The van der Waals surface area contributed by atoms with Crippen molar-refractivity contribution >= 4 is 17.6 Å². The Kier molecular flexibility index (Phi) is 5.39. The zero-order chi connectivity index (χ0) is 26.3. The summed E-state index contributed by atoms with van der Waals surface area (Å²) in [6.07, 6.45) is 2.68. The number of pyridine rings is 1. The predicted molar refractivity (Wildman–Crippen MR) is 128 cm³/mol. The molecule has 2 bridgehead atoms. The van der Waals surface area contributed by atoms with Crippen molar-refractivity contribution in [3.05, 3.63) is 42.5 Å². The van der Waals surface area contributed by atoms with Crippen LogP contribution in [0, 0.1) is 5.82 Å². The maximum Gasteiger partial charge on any atom is 0.185 e. The number of aromatic nitrogens is 4. The number of nitrogens with zero attached hydrogens (tertiary/aromatic N) is 5. The van der Waals surface area contributed by atoms with Crippen molar-refractivity contribution in [1.82, 2.24) is 25.5 Å². The normalized spacial score (nSPS) is 25.8. The van der Waals surface area contributed by atoms with Crippen LogP contribution in [-0.2, 0) is 0 Å². The van der Waals surface area contributed by atoms with Gasteiger partial charge in [0.2, 0.25) is 0 Å². The van der Waals surface area contributed by atoms with E-state index >= 15 is 4.39 Å². The third-order valence-corrected chi connectivity index (χ3v) is 7.12. The van der Waals surface area contributed by atoms with Crippen LogP contribution in [0.4, 0.5) is 14.6 Å². The van der Waals surface area contributed by atoms with E-state index in [-0.39, 0.29) is 39.8 Å². The number of rotatable bonds is 5. The van der Waals surface area contributed by atoms with Crippen molar-refractivity contribution in [2.75, 3.05) is 18.1 Å². The molecule has 5 rings (SSSR count). The molecule has 4 heterocycles. The van der Waals surface area contributed by atoms with Crippen molar-refractivity contribution in [2.45, 2.75) is 55.0 Å². The number of thioether (sulfide) groups is 1. The fraction of sp³-hybridized carbons (Fsp3) is 0.417.